The Hall–Kier alpha value is -2.63. The third kappa shape index (κ3) is 2.81. The molecule has 0 spiro atoms. The molecular formula is C19H21N3O3. The maximum absolute atomic E-state index is 13.2. The molecule has 1 N–H and O–H groups in total. The van der Waals surface area contributed by atoms with E-state index in [0.29, 0.717) is 18.7 Å². The summed E-state index contributed by atoms with van der Waals surface area (Å²) in [7, 11) is 0. The summed E-state index contributed by atoms with van der Waals surface area (Å²) in [4.78, 5) is 26.4. The number of fused-ring (bicyclic) bond motifs is 1. The molecule has 0 radical (unpaired) electrons. The van der Waals surface area contributed by atoms with Crippen LogP contribution in [0.5, 0.6) is 0 Å². The van der Waals surface area contributed by atoms with Crippen LogP contribution in [0.25, 0.3) is 0 Å². The largest absolute Gasteiger partial charge is 0.480 e. The van der Waals surface area contributed by atoms with Gasteiger partial charge in [0.1, 0.15) is 11.7 Å². The lowest BCUT2D eigenvalue weighted by molar-refractivity contribution is -0.142. The number of rotatable bonds is 3. The molecule has 0 bridgehead atoms. The molecule has 0 saturated heterocycles. The van der Waals surface area contributed by atoms with E-state index < -0.39 is 12.0 Å². The zero-order valence-electron chi connectivity index (χ0n) is 14.0. The van der Waals surface area contributed by atoms with E-state index in [1.54, 1.807) is 16.9 Å². The minimum absolute atomic E-state index is 0.244. The van der Waals surface area contributed by atoms with E-state index >= 15 is 0 Å². The lowest BCUT2D eigenvalue weighted by Gasteiger charge is -2.34. The fraction of sp³-hybridized carbons (Fsp3) is 0.421. The summed E-state index contributed by atoms with van der Waals surface area (Å²) in [6, 6.07) is 8.84. The number of benzene rings is 1. The third-order valence-electron chi connectivity index (χ3n) is 5.35. The van der Waals surface area contributed by atoms with Crippen molar-refractivity contribution in [2.75, 3.05) is 0 Å². The molecule has 1 aliphatic heterocycles. The molecule has 1 aliphatic carbocycles. The molecule has 6 heteroatoms. The second-order valence-electron chi connectivity index (χ2n) is 6.86. The number of nitrogens with zero attached hydrogens (tertiary/aromatic N) is 3. The van der Waals surface area contributed by atoms with Gasteiger partial charge >= 0.3 is 5.97 Å². The van der Waals surface area contributed by atoms with Gasteiger partial charge in [0, 0.05) is 19.2 Å². The summed E-state index contributed by atoms with van der Waals surface area (Å²) < 4.78 is 1.80. The van der Waals surface area contributed by atoms with Crippen molar-refractivity contribution in [1.82, 2.24) is 14.7 Å². The van der Waals surface area contributed by atoms with Gasteiger partial charge in [-0.05, 0) is 30.0 Å². The minimum atomic E-state index is -0.963. The molecule has 1 aromatic heterocycles. The fourth-order valence-electron chi connectivity index (χ4n) is 4.03. The molecule has 1 fully saturated rings. The topological polar surface area (TPSA) is 75.4 Å². The van der Waals surface area contributed by atoms with Crippen molar-refractivity contribution in [1.29, 1.82) is 0 Å². The molecule has 6 nitrogen and oxygen atoms in total. The molecule has 2 heterocycles. The Morgan fingerprint density at radius 2 is 1.80 bits per heavy atom. The van der Waals surface area contributed by atoms with Gasteiger partial charge in [-0.25, -0.2) is 4.79 Å². The van der Waals surface area contributed by atoms with Gasteiger partial charge in [-0.3, -0.25) is 9.48 Å². The number of carboxylic acid groups (broad SMARTS) is 1. The molecule has 1 unspecified atom stereocenters. The van der Waals surface area contributed by atoms with Crippen LogP contribution >= 0.6 is 0 Å². The summed E-state index contributed by atoms with van der Waals surface area (Å²) in [6.07, 6.45) is 6.31. The van der Waals surface area contributed by atoms with E-state index in [4.69, 9.17) is 0 Å². The normalized spacial score (nSPS) is 20.5. The average molecular weight is 339 g/mol. The van der Waals surface area contributed by atoms with Gasteiger partial charge in [-0.2, -0.15) is 5.10 Å². The Labute approximate surface area is 146 Å². The Bertz CT molecular complexity index is 808. The van der Waals surface area contributed by atoms with Crippen LogP contribution in [0.3, 0.4) is 0 Å². The van der Waals surface area contributed by atoms with E-state index in [1.165, 1.54) is 4.90 Å². The quantitative estimate of drug-likeness (QED) is 0.933. The SMILES string of the molecule is O=C(O)C1Cc2ccccc2CN1C(=O)c1ccnn1C1CCCC1. The van der Waals surface area contributed by atoms with Crippen molar-refractivity contribution >= 4 is 11.9 Å². The average Bonchev–Trinajstić information content (AvgIpc) is 3.30. The Morgan fingerprint density at radius 3 is 2.52 bits per heavy atom. The molecule has 1 saturated carbocycles. The first-order valence-corrected chi connectivity index (χ1v) is 8.79. The summed E-state index contributed by atoms with van der Waals surface area (Å²) in [6.45, 7) is 0.321. The number of carbonyl (C=O) groups excluding carboxylic acids is 1. The number of amides is 1. The van der Waals surface area contributed by atoms with Gasteiger partial charge in [0.15, 0.2) is 0 Å². The van der Waals surface area contributed by atoms with Crippen LogP contribution in [0.2, 0.25) is 0 Å². The van der Waals surface area contributed by atoms with Gasteiger partial charge in [-0.15, -0.1) is 0 Å². The van der Waals surface area contributed by atoms with Crippen molar-refractivity contribution in [3.05, 3.63) is 53.3 Å². The number of aromatic nitrogens is 2. The van der Waals surface area contributed by atoms with Crippen LogP contribution in [0.1, 0.15) is 53.3 Å². The second kappa shape index (κ2) is 6.35. The molecule has 1 amide bonds. The van der Waals surface area contributed by atoms with Crippen LogP contribution in [0.15, 0.2) is 36.5 Å². The predicted molar refractivity (Wildman–Crippen MR) is 91.2 cm³/mol. The molecule has 25 heavy (non-hydrogen) atoms. The van der Waals surface area contributed by atoms with E-state index in [1.807, 2.05) is 24.3 Å². The summed E-state index contributed by atoms with van der Waals surface area (Å²) in [5.74, 6) is -1.21. The zero-order valence-corrected chi connectivity index (χ0v) is 14.0. The van der Waals surface area contributed by atoms with Gasteiger partial charge in [0.2, 0.25) is 0 Å². The van der Waals surface area contributed by atoms with Gasteiger partial charge < -0.3 is 10.0 Å². The van der Waals surface area contributed by atoms with E-state index in [-0.39, 0.29) is 11.9 Å². The highest BCUT2D eigenvalue weighted by Crippen LogP contribution is 2.31. The second-order valence-corrected chi connectivity index (χ2v) is 6.86. The number of carboxylic acids is 1. The van der Waals surface area contributed by atoms with Crippen LogP contribution in [0, 0.1) is 0 Å². The van der Waals surface area contributed by atoms with Crippen molar-refractivity contribution in [3.63, 3.8) is 0 Å². The third-order valence-corrected chi connectivity index (χ3v) is 5.35. The van der Waals surface area contributed by atoms with E-state index in [2.05, 4.69) is 5.10 Å². The molecule has 1 atom stereocenters. The summed E-state index contributed by atoms with van der Waals surface area (Å²) in [5, 5.41) is 14.0. The monoisotopic (exact) mass is 339 g/mol. The van der Waals surface area contributed by atoms with Crippen molar-refractivity contribution in [2.45, 2.75) is 50.7 Å². The molecular weight excluding hydrogens is 318 g/mol. The summed E-state index contributed by atoms with van der Waals surface area (Å²) in [5.41, 5.74) is 2.51. The van der Waals surface area contributed by atoms with Crippen LogP contribution in [0.4, 0.5) is 0 Å². The minimum Gasteiger partial charge on any atom is -0.480 e. The van der Waals surface area contributed by atoms with Gasteiger partial charge in [0.05, 0.1) is 6.04 Å². The van der Waals surface area contributed by atoms with Crippen molar-refractivity contribution < 1.29 is 14.7 Å². The Morgan fingerprint density at radius 1 is 1.08 bits per heavy atom. The molecule has 4 rings (SSSR count). The Kier molecular flexibility index (Phi) is 4.03. The predicted octanol–water partition coefficient (Wildman–Crippen LogP) is 2.65. The zero-order chi connectivity index (χ0) is 17.4. The molecule has 1 aromatic carbocycles. The summed E-state index contributed by atoms with van der Waals surface area (Å²) >= 11 is 0. The smallest absolute Gasteiger partial charge is 0.326 e. The van der Waals surface area contributed by atoms with Crippen LogP contribution < -0.4 is 0 Å². The number of hydrogen-bond donors (Lipinski definition) is 1. The number of carbonyl (C=O) groups is 2. The van der Waals surface area contributed by atoms with Crippen molar-refractivity contribution in [2.24, 2.45) is 0 Å². The molecule has 2 aliphatic rings. The van der Waals surface area contributed by atoms with E-state index in [0.717, 1.165) is 36.8 Å². The van der Waals surface area contributed by atoms with Gasteiger partial charge in [-0.1, -0.05) is 37.1 Å². The van der Waals surface area contributed by atoms with Gasteiger partial charge in [0.25, 0.3) is 5.91 Å². The highest BCUT2D eigenvalue weighted by atomic mass is 16.4. The number of aliphatic carboxylic acids is 1. The first-order chi connectivity index (χ1) is 12.1. The highest BCUT2D eigenvalue weighted by molar-refractivity contribution is 5.95. The molecule has 2 aromatic rings. The van der Waals surface area contributed by atoms with E-state index in [9.17, 15) is 14.7 Å². The van der Waals surface area contributed by atoms with Crippen molar-refractivity contribution in [3.8, 4) is 0 Å². The fourth-order valence-corrected chi connectivity index (χ4v) is 4.03. The van der Waals surface area contributed by atoms with Crippen LogP contribution in [-0.2, 0) is 17.8 Å². The first kappa shape index (κ1) is 15.9. The number of hydrogen-bond acceptors (Lipinski definition) is 3. The maximum Gasteiger partial charge on any atom is 0.326 e. The standard InChI is InChI=1S/C19H21N3O3/c23-18(16-9-10-20-22(16)15-7-3-4-8-15)21-12-14-6-2-1-5-13(14)11-17(21)19(24)25/h1-2,5-6,9-10,15,17H,3-4,7-8,11-12H2,(H,24,25). The lowest BCUT2D eigenvalue weighted by Crippen LogP contribution is -2.49. The highest BCUT2D eigenvalue weighted by Gasteiger charge is 2.36. The Balaban J connectivity index is 1.67. The first-order valence-electron chi connectivity index (χ1n) is 8.79. The van der Waals surface area contributed by atoms with Crippen LogP contribution in [-0.4, -0.2) is 37.7 Å². The molecule has 130 valence electrons. The maximum atomic E-state index is 13.2. The lowest BCUT2D eigenvalue weighted by atomic mass is 9.93.